The molecule has 28 heavy (non-hydrogen) atoms. The molecular weight excluding hydrogens is 356 g/mol. The van der Waals surface area contributed by atoms with Crippen LogP contribution in [-0.4, -0.2) is 25.9 Å². The second-order valence-electron chi connectivity index (χ2n) is 6.42. The summed E-state index contributed by atoms with van der Waals surface area (Å²) in [4.78, 5) is 12.6. The van der Waals surface area contributed by atoms with E-state index in [0.717, 1.165) is 11.3 Å². The number of carbonyl (C=O) groups excluding carboxylic acids is 1. The molecule has 6 heteroatoms. The highest BCUT2D eigenvalue weighted by Gasteiger charge is 2.16. The molecule has 0 fully saturated rings. The Balaban J connectivity index is 2.26. The summed E-state index contributed by atoms with van der Waals surface area (Å²) in [5.41, 5.74) is 2.43. The summed E-state index contributed by atoms with van der Waals surface area (Å²) in [6, 6.07) is 10.9. The van der Waals surface area contributed by atoms with Crippen molar-refractivity contribution in [2.24, 2.45) is 0 Å². The van der Waals surface area contributed by atoms with E-state index >= 15 is 0 Å². The molecule has 2 aromatic carbocycles. The summed E-state index contributed by atoms with van der Waals surface area (Å²) in [7, 11) is 0. The fourth-order valence-corrected chi connectivity index (χ4v) is 2.86. The minimum absolute atomic E-state index is 0.302. The van der Waals surface area contributed by atoms with Gasteiger partial charge in [0.05, 0.1) is 25.5 Å². The van der Waals surface area contributed by atoms with Crippen LogP contribution in [-0.2, 0) is 0 Å². The van der Waals surface area contributed by atoms with Crippen molar-refractivity contribution in [1.82, 2.24) is 0 Å². The molecule has 0 radical (unpaired) electrons. The second-order valence-corrected chi connectivity index (χ2v) is 6.42. The first-order valence-electron chi connectivity index (χ1n) is 9.73. The van der Waals surface area contributed by atoms with Gasteiger partial charge in [0.2, 0.25) is 5.75 Å². The molecule has 152 valence electrons. The third-order valence-corrected chi connectivity index (χ3v) is 4.00. The predicted octanol–water partition coefficient (Wildman–Crippen LogP) is 5.65. The number of hydrogen-bond donors (Lipinski definition) is 2. The Kier molecular flexibility index (Phi) is 7.99. The zero-order chi connectivity index (χ0) is 20.5. The molecule has 2 rings (SSSR count). The number of amides is 2. The van der Waals surface area contributed by atoms with Crippen molar-refractivity contribution in [2.75, 3.05) is 30.5 Å². The molecular formula is C22H30N2O4. The van der Waals surface area contributed by atoms with E-state index in [2.05, 4.69) is 24.5 Å². The summed E-state index contributed by atoms with van der Waals surface area (Å²) in [6.07, 6.45) is 0. The van der Waals surface area contributed by atoms with Gasteiger partial charge in [-0.05, 0) is 38.3 Å². The van der Waals surface area contributed by atoms with Gasteiger partial charge in [-0.25, -0.2) is 4.79 Å². The van der Waals surface area contributed by atoms with E-state index in [0.29, 0.717) is 48.7 Å². The molecule has 6 nitrogen and oxygen atoms in total. The zero-order valence-corrected chi connectivity index (χ0v) is 17.3. The summed E-state index contributed by atoms with van der Waals surface area (Å²) in [6.45, 7) is 11.3. The summed E-state index contributed by atoms with van der Waals surface area (Å²) in [5, 5.41) is 5.78. The van der Waals surface area contributed by atoms with Crippen LogP contribution in [0.15, 0.2) is 36.4 Å². The molecule has 2 N–H and O–H groups in total. The van der Waals surface area contributed by atoms with Crippen molar-refractivity contribution in [2.45, 2.75) is 40.5 Å². The summed E-state index contributed by atoms with van der Waals surface area (Å²) < 4.78 is 17.1. The Labute approximate surface area is 167 Å². The zero-order valence-electron chi connectivity index (χ0n) is 17.3. The van der Waals surface area contributed by atoms with Crippen LogP contribution in [0.2, 0.25) is 0 Å². The number of anilines is 2. The summed E-state index contributed by atoms with van der Waals surface area (Å²) >= 11 is 0. The monoisotopic (exact) mass is 386 g/mol. The summed E-state index contributed by atoms with van der Waals surface area (Å²) in [5.74, 6) is 1.92. The number of rotatable bonds is 9. The van der Waals surface area contributed by atoms with Gasteiger partial charge in [-0.2, -0.15) is 0 Å². The number of para-hydroxylation sites is 1. The molecule has 0 saturated carbocycles. The molecule has 0 unspecified atom stereocenters. The Morgan fingerprint density at radius 2 is 1.46 bits per heavy atom. The van der Waals surface area contributed by atoms with Gasteiger partial charge in [-0.3, -0.25) is 0 Å². The van der Waals surface area contributed by atoms with E-state index in [4.69, 9.17) is 14.2 Å². The van der Waals surface area contributed by atoms with Crippen molar-refractivity contribution < 1.29 is 19.0 Å². The Bertz CT molecular complexity index is 763. The van der Waals surface area contributed by atoms with Crippen LogP contribution in [0.5, 0.6) is 17.2 Å². The van der Waals surface area contributed by atoms with Crippen LogP contribution in [0.3, 0.4) is 0 Å². The van der Waals surface area contributed by atoms with Gasteiger partial charge >= 0.3 is 6.03 Å². The van der Waals surface area contributed by atoms with E-state index in [9.17, 15) is 4.79 Å². The Morgan fingerprint density at radius 3 is 2.00 bits per heavy atom. The largest absolute Gasteiger partial charge is 0.490 e. The normalized spacial score (nSPS) is 10.5. The third-order valence-electron chi connectivity index (χ3n) is 4.00. The minimum Gasteiger partial charge on any atom is -0.490 e. The van der Waals surface area contributed by atoms with Crippen LogP contribution in [0.1, 0.15) is 46.1 Å². The minimum atomic E-state index is -0.331. The average molecular weight is 386 g/mol. The van der Waals surface area contributed by atoms with Crippen molar-refractivity contribution >= 4 is 17.4 Å². The molecule has 2 amide bonds. The van der Waals surface area contributed by atoms with E-state index in [1.54, 1.807) is 12.1 Å². The van der Waals surface area contributed by atoms with Gasteiger partial charge in [0.25, 0.3) is 0 Å². The van der Waals surface area contributed by atoms with Gasteiger partial charge in [0.1, 0.15) is 0 Å². The molecule has 0 aliphatic carbocycles. The van der Waals surface area contributed by atoms with E-state index in [-0.39, 0.29) is 6.03 Å². The molecule has 0 aliphatic rings. The number of nitrogens with one attached hydrogen (secondary N) is 2. The van der Waals surface area contributed by atoms with Crippen molar-refractivity contribution in [3.8, 4) is 17.2 Å². The lowest BCUT2D eigenvalue weighted by atomic mass is 10.0. The molecule has 0 spiro atoms. The van der Waals surface area contributed by atoms with Gasteiger partial charge < -0.3 is 24.8 Å². The third kappa shape index (κ3) is 5.55. The Morgan fingerprint density at radius 1 is 0.893 bits per heavy atom. The number of hydrogen-bond acceptors (Lipinski definition) is 4. The number of urea groups is 1. The number of ether oxygens (including phenoxy) is 3. The highest BCUT2D eigenvalue weighted by atomic mass is 16.5. The molecule has 0 saturated heterocycles. The second kappa shape index (κ2) is 10.4. The maximum atomic E-state index is 12.6. The van der Waals surface area contributed by atoms with Crippen LogP contribution in [0.25, 0.3) is 0 Å². The first-order chi connectivity index (χ1) is 13.5. The quantitative estimate of drug-likeness (QED) is 0.584. The highest BCUT2D eigenvalue weighted by Crippen LogP contribution is 2.40. The van der Waals surface area contributed by atoms with Gasteiger partial charge in [0.15, 0.2) is 11.5 Å². The molecule has 2 aromatic rings. The topological polar surface area (TPSA) is 68.8 Å². The molecule has 0 heterocycles. The van der Waals surface area contributed by atoms with Gasteiger partial charge in [-0.1, -0.05) is 32.0 Å². The highest BCUT2D eigenvalue weighted by molar-refractivity contribution is 6.00. The fourth-order valence-electron chi connectivity index (χ4n) is 2.86. The molecule has 0 atom stereocenters. The van der Waals surface area contributed by atoms with Gasteiger partial charge in [0, 0.05) is 17.8 Å². The lowest BCUT2D eigenvalue weighted by Gasteiger charge is -2.18. The van der Waals surface area contributed by atoms with Crippen LogP contribution < -0.4 is 24.8 Å². The van der Waals surface area contributed by atoms with Gasteiger partial charge in [-0.15, -0.1) is 0 Å². The Hall–Kier alpha value is -2.89. The van der Waals surface area contributed by atoms with E-state index in [1.807, 2.05) is 45.0 Å². The number of carbonyl (C=O) groups is 1. The van der Waals surface area contributed by atoms with Crippen LogP contribution >= 0.6 is 0 Å². The maximum Gasteiger partial charge on any atom is 0.323 e. The average Bonchev–Trinajstić information content (AvgIpc) is 2.65. The lowest BCUT2D eigenvalue weighted by molar-refractivity contribution is 0.260. The first-order valence-corrected chi connectivity index (χ1v) is 9.73. The van der Waals surface area contributed by atoms with Crippen molar-refractivity contribution in [1.29, 1.82) is 0 Å². The molecule has 0 aromatic heterocycles. The standard InChI is InChI=1S/C22H30N2O4/c1-6-26-19-13-16(14-20(27-7-2)21(19)28-8-3)23-22(25)24-18-12-10-9-11-17(18)15(4)5/h9-15H,6-8H2,1-5H3,(H2,23,24,25). The van der Waals surface area contributed by atoms with Crippen molar-refractivity contribution in [3.05, 3.63) is 42.0 Å². The van der Waals surface area contributed by atoms with E-state index in [1.165, 1.54) is 0 Å². The van der Waals surface area contributed by atoms with Crippen molar-refractivity contribution in [3.63, 3.8) is 0 Å². The predicted molar refractivity (Wildman–Crippen MR) is 113 cm³/mol. The van der Waals surface area contributed by atoms with Crippen LogP contribution in [0, 0.1) is 0 Å². The fraction of sp³-hybridized carbons (Fsp3) is 0.409. The lowest BCUT2D eigenvalue weighted by Crippen LogP contribution is -2.20. The SMILES string of the molecule is CCOc1cc(NC(=O)Nc2ccccc2C(C)C)cc(OCC)c1OCC. The number of benzene rings is 2. The maximum absolute atomic E-state index is 12.6. The smallest absolute Gasteiger partial charge is 0.323 e. The van der Waals surface area contributed by atoms with E-state index < -0.39 is 0 Å². The molecule has 0 aliphatic heterocycles. The van der Waals surface area contributed by atoms with Crippen LogP contribution in [0.4, 0.5) is 16.2 Å². The first kappa shape index (κ1) is 21.4. The molecule has 0 bridgehead atoms.